The zero-order valence-electron chi connectivity index (χ0n) is 12.1. The lowest BCUT2D eigenvalue weighted by atomic mass is 10.3. The summed E-state index contributed by atoms with van der Waals surface area (Å²) in [4.78, 5) is 13.0. The van der Waals surface area contributed by atoms with E-state index in [4.69, 9.17) is 10.2 Å². The van der Waals surface area contributed by atoms with Gasteiger partial charge in [-0.1, -0.05) is 6.07 Å². The van der Waals surface area contributed by atoms with Gasteiger partial charge in [0, 0.05) is 12.4 Å². The zero-order chi connectivity index (χ0) is 15.7. The highest BCUT2D eigenvalue weighted by Gasteiger charge is 2.41. The number of amidine groups is 2. The fourth-order valence-corrected chi connectivity index (χ4v) is 2.36. The molecule has 0 bridgehead atoms. The number of aromatic nitrogens is 1. The van der Waals surface area contributed by atoms with Crippen molar-refractivity contribution in [1.82, 2.24) is 10.4 Å². The first kappa shape index (κ1) is 13.6. The lowest BCUT2D eigenvalue weighted by molar-refractivity contribution is -0.850. The molecule has 4 heterocycles. The molecule has 2 aliphatic rings. The van der Waals surface area contributed by atoms with Crippen molar-refractivity contribution in [2.24, 2.45) is 20.8 Å². The minimum atomic E-state index is -0.0784. The van der Waals surface area contributed by atoms with Crippen LogP contribution in [0, 0.1) is 0 Å². The molecule has 0 saturated heterocycles. The summed E-state index contributed by atoms with van der Waals surface area (Å²) in [6.45, 7) is 0.541. The van der Waals surface area contributed by atoms with Gasteiger partial charge in [0.05, 0.1) is 18.9 Å². The fourth-order valence-electron chi connectivity index (χ4n) is 2.36. The molecule has 4 rings (SSSR count). The molecule has 0 spiro atoms. The summed E-state index contributed by atoms with van der Waals surface area (Å²) in [6.07, 6.45) is 8.46. The Labute approximate surface area is 131 Å². The SMILES string of the molecule is NC1=N[N+]2(NCc3cccnc3)C=NC(c3ccco3)=NC2=C1. The number of hydrogen-bond donors (Lipinski definition) is 2. The first-order chi connectivity index (χ1) is 11.3. The molecule has 0 fully saturated rings. The molecular formula is C15H14N7O+. The number of hydrogen-bond acceptors (Lipinski definition) is 7. The summed E-state index contributed by atoms with van der Waals surface area (Å²) in [6, 6.07) is 7.45. The Morgan fingerprint density at radius 3 is 3.00 bits per heavy atom. The molecule has 0 aromatic carbocycles. The maximum absolute atomic E-state index is 5.86. The van der Waals surface area contributed by atoms with Crippen LogP contribution in [0.2, 0.25) is 0 Å². The Kier molecular flexibility index (Phi) is 3.11. The maximum Gasteiger partial charge on any atom is 0.286 e. The van der Waals surface area contributed by atoms with Crippen LogP contribution >= 0.6 is 0 Å². The predicted octanol–water partition coefficient (Wildman–Crippen LogP) is 1.11. The normalized spacial score (nSPS) is 22.3. The van der Waals surface area contributed by atoms with E-state index in [0.717, 1.165) is 5.56 Å². The van der Waals surface area contributed by atoms with Crippen LogP contribution < -0.4 is 11.2 Å². The van der Waals surface area contributed by atoms with Gasteiger partial charge in [0.15, 0.2) is 11.6 Å². The van der Waals surface area contributed by atoms with E-state index in [0.29, 0.717) is 29.8 Å². The van der Waals surface area contributed by atoms with Gasteiger partial charge >= 0.3 is 0 Å². The predicted molar refractivity (Wildman–Crippen MR) is 84.8 cm³/mol. The number of nitrogens with one attached hydrogen (secondary N) is 1. The quantitative estimate of drug-likeness (QED) is 0.826. The van der Waals surface area contributed by atoms with Gasteiger partial charge in [0.25, 0.3) is 5.82 Å². The topological polar surface area (TPSA) is 101 Å². The third-order valence-electron chi connectivity index (χ3n) is 3.46. The van der Waals surface area contributed by atoms with Crippen LogP contribution in [-0.4, -0.2) is 27.7 Å². The highest BCUT2D eigenvalue weighted by molar-refractivity contribution is 6.03. The minimum Gasteiger partial charge on any atom is -0.461 e. The van der Waals surface area contributed by atoms with Crippen LogP contribution in [0.15, 0.2) is 74.3 Å². The number of furan rings is 1. The molecule has 1 atom stereocenters. The first-order valence-corrected chi connectivity index (χ1v) is 7.04. The van der Waals surface area contributed by atoms with Crippen LogP contribution in [0.25, 0.3) is 0 Å². The average Bonchev–Trinajstić information content (AvgIpc) is 3.20. The molecule has 8 heteroatoms. The third kappa shape index (κ3) is 2.45. The molecule has 8 nitrogen and oxygen atoms in total. The third-order valence-corrected chi connectivity index (χ3v) is 3.46. The van der Waals surface area contributed by atoms with Crippen molar-refractivity contribution in [2.75, 3.05) is 0 Å². The Morgan fingerprint density at radius 2 is 2.22 bits per heavy atom. The van der Waals surface area contributed by atoms with Gasteiger partial charge in [0.1, 0.15) is 0 Å². The van der Waals surface area contributed by atoms with E-state index < -0.39 is 0 Å². The molecule has 0 radical (unpaired) electrons. The molecule has 0 saturated carbocycles. The van der Waals surface area contributed by atoms with E-state index in [1.807, 2.05) is 12.1 Å². The van der Waals surface area contributed by atoms with Gasteiger partial charge < -0.3 is 10.2 Å². The van der Waals surface area contributed by atoms with Crippen molar-refractivity contribution in [3.05, 3.63) is 66.1 Å². The van der Waals surface area contributed by atoms with Crippen LogP contribution in [0.4, 0.5) is 0 Å². The van der Waals surface area contributed by atoms with E-state index in [1.165, 1.54) is 0 Å². The Hall–Kier alpha value is -3.10. The van der Waals surface area contributed by atoms with Crippen molar-refractivity contribution in [1.29, 1.82) is 0 Å². The number of aliphatic imine (C=N–C) groups is 2. The highest BCUT2D eigenvalue weighted by Crippen LogP contribution is 2.25. The average molecular weight is 308 g/mol. The van der Waals surface area contributed by atoms with Crippen LogP contribution in [0.3, 0.4) is 0 Å². The Morgan fingerprint density at radius 1 is 1.26 bits per heavy atom. The number of rotatable bonds is 4. The number of pyridine rings is 1. The van der Waals surface area contributed by atoms with Gasteiger partial charge in [-0.25, -0.2) is 0 Å². The van der Waals surface area contributed by atoms with E-state index in [9.17, 15) is 0 Å². The number of quaternary nitrogens is 1. The van der Waals surface area contributed by atoms with Crippen molar-refractivity contribution in [2.45, 2.75) is 6.54 Å². The van der Waals surface area contributed by atoms with Gasteiger partial charge in [0.2, 0.25) is 12.2 Å². The number of nitrogens with zero attached hydrogens (tertiary/aromatic N) is 5. The van der Waals surface area contributed by atoms with E-state index in [2.05, 4.69) is 25.5 Å². The molecule has 3 N–H and O–H groups in total. The molecule has 2 aromatic heterocycles. The van der Waals surface area contributed by atoms with E-state index >= 15 is 0 Å². The molecule has 23 heavy (non-hydrogen) atoms. The number of nitrogens with two attached hydrogens (primary N) is 1. The largest absolute Gasteiger partial charge is 0.461 e. The zero-order valence-corrected chi connectivity index (χ0v) is 12.1. The molecule has 1 unspecified atom stereocenters. The minimum absolute atomic E-state index is 0.0784. The summed E-state index contributed by atoms with van der Waals surface area (Å²) < 4.78 is 5.26. The van der Waals surface area contributed by atoms with Crippen molar-refractivity contribution >= 4 is 18.0 Å². The second kappa shape index (κ2) is 5.27. The van der Waals surface area contributed by atoms with Gasteiger partial charge in [-0.3, -0.25) is 4.98 Å². The summed E-state index contributed by atoms with van der Waals surface area (Å²) in [5.74, 6) is 2.10. The molecular weight excluding hydrogens is 294 g/mol. The van der Waals surface area contributed by atoms with Crippen LogP contribution in [0.5, 0.6) is 0 Å². The lowest BCUT2D eigenvalue weighted by Gasteiger charge is -2.25. The lowest BCUT2D eigenvalue weighted by Crippen LogP contribution is -2.51. The summed E-state index contributed by atoms with van der Waals surface area (Å²) in [5.41, 5.74) is 10.2. The van der Waals surface area contributed by atoms with Crippen molar-refractivity contribution < 1.29 is 9.12 Å². The van der Waals surface area contributed by atoms with Crippen LogP contribution in [-0.2, 0) is 6.54 Å². The first-order valence-electron chi connectivity index (χ1n) is 7.04. The molecule has 2 aromatic rings. The second-order valence-corrected chi connectivity index (χ2v) is 5.07. The monoisotopic (exact) mass is 308 g/mol. The molecule has 114 valence electrons. The molecule has 2 aliphatic heterocycles. The van der Waals surface area contributed by atoms with Crippen LogP contribution in [0.1, 0.15) is 11.3 Å². The number of fused-ring (bicyclic) bond motifs is 1. The highest BCUT2D eigenvalue weighted by atomic mass is 16.3. The van der Waals surface area contributed by atoms with Gasteiger partial charge in [-0.05, 0) is 33.6 Å². The fraction of sp³-hybridized carbons (Fsp3) is 0.0667. The van der Waals surface area contributed by atoms with Gasteiger partial charge in [-0.2, -0.15) is 9.98 Å². The Balaban J connectivity index is 1.61. The summed E-state index contributed by atoms with van der Waals surface area (Å²) >= 11 is 0. The standard InChI is InChI=1S/C15H14N7O/c16-13-7-14-20-15(12-4-2-6-23-12)18-10-22(14,21-13)19-9-11-3-1-5-17-8-11/h1-8,10,19H,9H2,(H2,16,21)/q+1. The van der Waals surface area contributed by atoms with E-state index in [1.54, 1.807) is 43.2 Å². The smallest absolute Gasteiger partial charge is 0.286 e. The molecule has 0 amide bonds. The van der Waals surface area contributed by atoms with Crippen molar-refractivity contribution in [3.63, 3.8) is 0 Å². The Bertz CT molecular complexity index is 836. The van der Waals surface area contributed by atoms with Crippen molar-refractivity contribution in [3.8, 4) is 0 Å². The summed E-state index contributed by atoms with van der Waals surface area (Å²) in [7, 11) is 0. The van der Waals surface area contributed by atoms with E-state index in [-0.39, 0.29) is 4.70 Å². The summed E-state index contributed by atoms with van der Waals surface area (Å²) in [5, 5.41) is 4.39. The van der Waals surface area contributed by atoms with Gasteiger partial charge in [-0.15, -0.1) is 5.43 Å². The second-order valence-electron chi connectivity index (χ2n) is 5.07. The molecule has 0 aliphatic carbocycles. The maximum atomic E-state index is 5.86.